The highest BCUT2D eigenvalue weighted by molar-refractivity contribution is 6.46. The first-order valence-electron chi connectivity index (χ1n) is 8.24. The van der Waals surface area contributed by atoms with Crippen LogP contribution in [0.1, 0.15) is 23.7 Å². The van der Waals surface area contributed by atoms with Gasteiger partial charge in [0.15, 0.2) is 0 Å². The summed E-state index contributed by atoms with van der Waals surface area (Å²) < 4.78 is 5.04. The fraction of sp³-hybridized carbons (Fsp3) is 0.263. The Morgan fingerprint density at radius 2 is 1.96 bits per heavy atom. The zero-order valence-corrected chi connectivity index (χ0v) is 14.3. The van der Waals surface area contributed by atoms with Crippen LogP contribution >= 0.6 is 0 Å². The molecule has 1 saturated heterocycles. The molecule has 3 rings (SSSR count). The molecule has 7 nitrogen and oxygen atoms in total. The number of ketones is 1. The highest BCUT2D eigenvalue weighted by Gasteiger charge is 2.46. The molecule has 2 aromatic rings. The van der Waals surface area contributed by atoms with Crippen molar-refractivity contribution in [3.8, 4) is 0 Å². The number of carbonyl (C=O) groups excluding carboxylic acids is 2. The van der Waals surface area contributed by atoms with Gasteiger partial charge in [-0.3, -0.25) is 19.6 Å². The van der Waals surface area contributed by atoms with Gasteiger partial charge in [0.25, 0.3) is 11.7 Å². The first kappa shape index (κ1) is 17.8. The van der Waals surface area contributed by atoms with E-state index in [1.165, 1.54) is 17.3 Å². The third-order valence-electron chi connectivity index (χ3n) is 4.21. The smallest absolute Gasteiger partial charge is 0.295 e. The van der Waals surface area contributed by atoms with Gasteiger partial charge >= 0.3 is 0 Å². The third-order valence-corrected chi connectivity index (χ3v) is 4.21. The number of amides is 1. The molecule has 1 atom stereocenters. The number of methoxy groups -OCH3 is 1. The Kier molecular flexibility index (Phi) is 5.38. The van der Waals surface area contributed by atoms with Crippen molar-refractivity contribution in [2.75, 3.05) is 20.3 Å². The monoisotopic (exact) mass is 353 g/mol. The van der Waals surface area contributed by atoms with Crippen molar-refractivity contribution in [2.24, 2.45) is 0 Å². The maximum absolute atomic E-state index is 12.7. The number of likely N-dealkylation sites (tertiary alicyclic amines) is 1. The average Bonchev–Trinajstić information content (AvgIpc) is 2.94. The molecule has 0 saturated carbocycles. The Morgan fingerprint density at radius 3 is 2.62 bits per heavy atom. The van der Waals surface area contributed by atoms with Gasteiger partial charge in [-0.05, 0) is 30.7 Å². The van der Waals surface area contributed by atoms with Crippen LogP contribution in [0.15, 0.2) is 54.5 Å². The normalized spacial score (nSPS) is 19.1. The molecule has 134 valence electrons. The van der Waals surface area contributed by atoms with E-state index in [1.54, 1.807) is 43.6 Å². The van der Waals surface area contributed by atoms with Crippen LogP contribution in [-0.4, -0.2) is 51.9 Å². The van der Waals surface area contributed by atoms with Crippen molar-refractivity contribution < 1.29 is 19.4 Å². The number of aromatic nitrogens is 2. The van der Waals surface area contributed by atoms with Crippen LogP contribution in [0.2, 0.25) is 0 Å². The minimum atomic E-state index is -0.735. The van der Waals surface area contributed by atoms with Crippen molar-refractivity contribution in [1.82, 2.24) is 14.9 Å². The summed E-state index contributed by atoms with van der Waals surface area (Å²) in [5.74, 6) is -1.59. The summed E-state index contributed by atoms with van der Waals surface area (Å²) in [5.41, 5.74) is 0.993. The van der Waals surface area contributed by atoms with E-state index in [2.05, 4.69) is 9.97 Å². The van der Waals surface area contributed by atoms with E-state index in [0.717, 1.165) is 0 Å². The molecule has 1 aliphatic rings. The van der Waals surface area contributed by atoms with Gasteiger partial charge in [0.1, 0.15) is 11.8 Å². The maximum Gasteiger partial charge on any atom is 0.295 e. The standard InChI is InChI=1S/C19H19N3O4/c1-26-12-4-11-22-16(14-5-2-3-8-21-14)15(18(24)19(22)25)17(23)13-6-9-20-10-7-13/h2-3,5-10,16,23H,4,11-12H2,1H3/b17-15-. The molecular formula is C19H19N3O4. The molecule has 2 aromatic heterocycles. The van der Waals surface area contributed by atoms with Gasteiger partial charge in [-0.1, -0.05) is 6.07 Å². The molecule has 0 radical (unpaired) electrons. The number of hydrogen-bond acceptors (Lipinski definition) is 6. The van der Waals surface area contributed by atoms with E-state index in [1.807, 2.05) is 0 Å². The van der Waals surface area contributed by atoms with Crippen molar-refractivity contribution in [3.63, 3.8) is 0 Å². The van der Waals surface area contributed by atoms with Crippen molar-refractivity contribution in [1.29, 1.82) is 0 Å². The van der Waals surface area contributed by atoms with E-state index in [9.17, 15) is 14.7 Å². The number of pyridine rings is 2. The fourth-order valence-electron chi connectivity index (χ4n) is 3.00. The van der Waals surface area contributed by atoms with Gasteiger partial charge in [-0.15, -0.1) is 0 Å². The number of aliphatic hydroxyl groups is 1. The van der Waals surface area contributed by atoms with Crippen molar-refractivity contribution >= 4 is 17.4 Å². The molecule has 0 spiro atoms. The van der Waals surface area contributed by atoms with Gasteiger partial charge in [0, 0.05) is 44.4 Å². The van der Waals surface area contributed by atoms with Crippen LogP contribution < -0.4 is 0 Å². The Hall–Kier alpha value is -3.06. The lowest BCUT2D eigenvalue weighted by atomic mass is 9.99. The molecule has 26 heavy (non-hydrogen) atoms. The summed E-state index contributed by atoms with van der Waals surface area (Å²) in [7, 11) is 1.58. The molecule has 1 aliphatic heterocycles. The number of aliphatic hydroxyl groups excluding tert-OH is 1. The molecule has 1 fully saturated rings. The van der Waals surface area contributed by atoms with Crippen LogP contribution in [0.25, 0.3) is 5.76 Å². The number of hydrogen-bond donors (Lipinski definition) is 1. The summed E-state index contributed by atoms with van der Waals surface area (Å²) in [6.45, 7) is 0.787. The van der Waals surface area contributed by atoms with Crippen LogP contribution in [0, 0.1) is 0 Å². The van der Waals surface area contributed by atoms with Gasteiger partial charge in [-0.2, -0.15) is 0 Å². The SMILES string of the molecule is COCCCN1C(=O)C(=O)/C(=C(\O)c2ccncc2)C1c1ccccn1. The molecule has 0 aromatic carbocycles. The highest BCUT2D eigenvalue weighted by atomic mass is 16.5. The Labute approximate surface area is 151 Å². The average molecular weight is 353 g/mol. The molecule has 1 N–H and O–H groups in total. The van der Waals surface area contributed by atoms with Crippen LogP contribution in [-0.2, 0) is 14.3 Å². The van der Waals surface area contributed by atoms with E-state index in [0.29, 0.717) is 30.8 Å². The zero-order valence-electron chi connectivity index (χ0n) is 14.3. The second kappa shape index (κ2) is 7.88. The number of nitrogens with zero attached hydrogens (tertiary/aromatic N) is 3. The van der Waals surface area contributed by atoms with E-state index < -0.39 is 17.7 Å². The Morgan fingerprint density at radius 1 is 1.19 bits per heavy atom. The van der Waals surface area contributed by atoms with Crippen LogP contribution in [0.4, 0.5) is 0 Å². The minimum Gasteiger partial charge on any atom is -0.507 e. The Balaban J connectivity index is 2.09. The van der Waals surface area contributed by atoms with Gasteiger partial charge in [-0.25, -0.2) is 0 Å². The summed E-state index contributed by atoms with van der Waals surface area (Å²) in [6.07, 6.45) is 5.19. The minimum absolute atomic E-state index is 0.0392. The van der Waals surface area contributed by atoms with Crippen LogP contribution in [0.5, 0.6) is 0 Å². The molecule has 0 aliphatic carbocycles. The molecule has 1 amide bonds. The zero-order chi connectivity index (χ0) is 18.5. The summed E-state index contributed by atoms with van der Waals surface area (Å²) >= 11 is 0. The number of ether oxygens (including phenoxy) is 1. The topological polar surface area (TPSA) is 92.6 Å². The first-order chi connectivity index (χ1) is 12.6. The summed E-state index contributed by atoms with van der Waals surface area (Å²) in [5, 5.41) is 10.7. The maximum atomic E-state index is 12.7. The van der Waals surface area contributed by atoms with Crippen LogP contribution in [0.3, 0.4) is 0 Å². The van der Waals surface area contributed by atoms with Gasteiger partial charge in [0.2, 0.25) is 0 Å². The Bertz CT molecular complexity index is 821. The highest BCUT2D eigenvalue weighted by Crippen LogP contribution is 2.38. The predicted octanol–water partition coefficient (Wildman–Crippen LogP) is 1.93. The van der Waals surface area contributed by atoms with E-state index in [-0.39, 0.29) is 11.3 Å². The second-order valence-corrected chi connectivity index (χ2v) is 5.83. The summed E-state index contributed by atoms with van der Waals surface area (Å²) in [6, 6.07) is 7.71. The molecule has 7 heteroatoms. The lowest BCUT2D eigenvalue weighted by Gasteiger charge is -2.24. The van der Waals surface area contributed by atoms with Crippen molar-refractivity contribution in [3.05, 3.63) is 65.8 Å². The van der Waals surface area contributed by atoms with Gasteiger partial charge < -0.3 is 14.7 Å². The molecule has 1 unspecified atom stereocenters. The number of Topliss-reactive ketones (excluding diaryl/α,β-unsaturated/α-hetero) is 1. The fourth-order valence-corrected chi connectivity index (χ4v) is 3.00. The first-order valence-corrected chi connectivity index (χ1v) is 8.24. The lowest BCUT2D eigenvalue weighted by Crippen LogP contribution is -2.31. The number of rotatable bonds is 6. The number of carbonyl (C=O) groups is 2. The molecule has 3 heterocycles. The third kappa shape index (κ3) is 3.34. The van der Waals surface area contributed by atoms with Gasteiger partial charge in [0.05, 0.1) is 11.3 Å². The predicted molar refractivity (Wildman–Crippen MR) is 94.0 cm³/mol. The molecular weight excluding hydrogens is 334 g/mol. The molecule has 0 bridgehead atoms. The van der Waals surface area contributed by atoms with Crippen molar-refractivity contribution in [2.45, 2.75) is 12.5 Å². The summed E-state index contributed by atoms with van der Waals surface area (Å²) in [4.78, 5) is 34.9. The largest absolute Gasteiger partial charge is 0.507 e. The lowest BCUT2D eigenvalue weighted by molar-refractivity contribution is -0.140. The van der Waals surface area contributed by atoms with E-state index in [4.69, 9.17) is 4.74 Å². The second-order valence-electron chi connectivity index (χ2n) is 5.83. The quantitative estimate of drug-likeness (QED) is 0.369. The van der Waals surface area contributed by atoms with E-state index >= 15 is 0 Å².